The fourth-order valence-corrected chi connectivity index (χ4v) is 2.83. The van der Waals surface area contributed by atoms with E-state index in [0.29, 0.717) is 0 Å². The van der Waals surface area contributed by atoms with E-state index < -0.39 is 0 Å². The molecule has 0 spiro atoms. The van der Waals surface area contributed by atoms with Crippen LogP contribution in [-0.4, -0.2) is 13.1 Å². The summed E-state index contributed by atoms with van der Waals surface area (Å²) in [5, 5.41) is 3.36. The molecule has 0 atom stereocenters. The van der Waals surface area contributed by atoms with Gasteiger partial charge >= 0.3 is 0 Å². The van der Waals surface area contributed by atoms with Gasteiger partial charge in [0.2, 0.25) is 0 Å². The average molecular weight is 225 g/mol. The Morgan fingerprint density at radius 1 is 1.20 bits per heavy atom. The van der Waals surface area contributed by atoms with Crippen LogP contribution in [0.2, 0.25) is 0 Å². The molecular weight excluding hydrogens is 202 g/mol. The van der Waals surface area contributed by atoms with Crippen LogP contribution in [-0.2, 0) is 6.42 Å². The molecule has 1 aromatic rings. The maximum absolute atomic E-state index is 3.36. The molecule has 0 fully saturated rings. The molecule has 0 aliphatic heterocycles. The molecule has 0 unspecified atom stereocenters. The van der Waals surface area contributed by atoms with Gasteiger partial charge in [-0.15, -0.1) is 11.3 Å². The summed E-state index contributed by atoms with van der Waals surface area (Å²) in [7, 11) is 0. The minimum atomic E-state index is 1.10. The average Bonchev–Trinajstić information content (AvgIpc) is 2.51. The monoisotopic (exact) mass is 225 g/mol. The number of hydrogen-bond acceptors (Lipinski definition) is 2. The van der Waals surface area contributed by atoms with Gasteiger partial charge in [-0.3, -0.25) is 0 Å². The van der Waals surface area contributed by atoms with Crippen LogP contribution in [0.5, 0.6) is 0 Å². The Bertz CT molecular complexity index is 278. The van der Waals surface area contributed by atoms with Crippen LogP contribution in [0, 0.1) is 13.8 Å². The second kappa shape index (κ2) is 7.02. The quantitative estimate of drug-likeness (QED) is 0.698. The van der Waals surface area contributed by atoms with Crippen LogP contribution in [0.15, 0.2) is 6.07 Å². The Labute approximate surface area is 97.9 Å². The van der Waals surface area contributed by atoms with E-state index in [2.05, 4.69) is 32.2 Å². The molecule has 0 bridgehead atoms. The van der Waals surface area contributed by atoms with E-state index >= 15 is 0 Å². The zero-order valence-electron chi connectivity index (χ0n) is 10.2. The second-order valence-corrected chi connectivity index (χ2v) is 5.56. The number of rotatable bonds is 7. The Morgan fingerprint density at radius 3 is 2.60 bits per heavy atom. The van der Waals surface area contributed by atoms with Crippen molar-refractivity contribution in [2.24, 2.45) is 0 Å². The zero-order chi connectivity index (χ0) is 11.1. The lowest BCUT2D eigenvalue weighted by atomic mass is 10.1. The van der Waals surface area contributed by atoms with Crippen molar-refractivity contribution < 1.29 is 0 Å². The van der Waals surface area contributed by atoms with Gasteiger partial charge in [0.05, 0.1) is 0 Å². The maximum atomic E-state index is 3.36. The van der Waals surface area contributed by atoms with Crippen molar-refractivity contribution in [3.63, 3.8) is 0 Å². The lowest BCUT2D eigenvalue weighted by molar-refractivity contribution is 0.616. The third-order valence-corrected chi connectivity index (χ3v) is 3.70. The Balaban J connectivity index is 2.12. The Hall–Kier alpha value is -0.340. The number of unbranched alkanes of at least 4 members (excludes halogenated alkanes) is 2. The predicted molar refractivity (Wildman–Crippen MR) is 69.9 cm³/mol. The molecule has 1 nitrogen and oxygen atoms in total. The van der Waals surface area contributed by atoms with Crippen LogP contribution in [0.3, 0.4) is 0 Å². The number of thiophene rings is 1. The van der Waals surface area contributed by atoms with Crippen molar-refractivity contribution >= 4 is 11.3 Å². The fourth-order valence-electron chi connectivity index (χ4n) is 1.85. The van der Waals surface area contributed by atoms with Crippen molar-refractivity contribution in [2.75, 3.05) is 13.1 Å². The van der Waals surface area contributed by atoms with Crippen molar-refractivity contribution in [1.29, 1.82) is 0 Å². The molecule has 0 aliphatic rings. The van der Waals surface area contributed by atoms with Gasteiger partial charge in [-0.2, -0.15) is 0 Å². The minimum absolute atomic E-state index is 1.10. The highest BCUT2D eigenvalue weighted by molar-refractivity contribution is 7.12. The minimum Gasteiger partial charge on any atom is -0.317 e. The largest absolute Gasteiger partial charge is 0.317 e. The van der Waals surface area contributed by atoms with Gasteiger partial charge in [0.15, 0.2) is 0 Å². The van der Waals surface area contributed by atoms with Crippen molar-refractivity contribution in [3.05, 3.63) is 21.4 Å². The molecule has 0 aromatic carbocycles. The summed E-state index contributed by atoms with van der Waals surface area (Å²) < 4.78 is 0. The van der Waals surface area contributed by atoms with Crippen LogP contribution in [0.4, 0.5) is 0 Å². The van der Waals surface area contributed by atoms with E-state index in [1.165, 1.54) is 42.0 Å². The van der Waals surface area contributed by atoms with Crippen LogP contribution in [0.1, 0.15) is 41.5 Å². The number of aryl methyl sites for hydroxylation is 3. The summed E-state index contributed by atoms with van der Waals surface area (Å²) >= 11 is 1.93. The summed E-state index contributed by atoms with van der Waals surface area (Å²) in [4.78, 5) is 2.97. The predicted octanol–water partition coefficient (Wildman–Crippen LogP) is 3.69. The molecule has 1 rings (SSSR count). The first-order chi connectivity index (χ1) is 7.24. The van der Waals surface area contributed by atoms with Gasteiger partial charge in [-0.05, 0) is 57.8 Å². The molecule has 86 valence electrons. The summed E-state index contributed by atoms with van der Waals surface area (Å²) in [6.45, 7) is 8.89. The Morgan fingerprint density at radius 2 is 2.00 bits per heavy atom. The molecule has 0 saturated heterocycles. The van der Waals surface area contributed by atoms with Gasteiger partial charge in [-0.25, -0.2) is 0 Å². The summed E-state index contributed by atoms with van der Waals surface area (Å²) in [6.07, 6.45) is 5.27. The summed E-state index contributed by atoms with van der Waals surface area (Å²) in [6, 6.07) is 2.35. The van der Waals surface area contributed by atoms with E-state index in [-0.39, 0.29) is 0 Å². The van der Waals surface area contributed by atoms with Gasteiger partial charge < -0.3 is 5.32 Å². The van der Waals surface area contributed by atoms with Gasteiger partial charge in [-0.1, -0.05) is 13.3 Å². The molecule has 1 aromatic heterocycles. The van der Waals surface area contributed by atoms with Crippen LogP contribution >= 0.6 is 11.3 Å². The first-order valence-corrected chi connectivity index (χ1v) is 6.82. The highest BCUT2D eigenvalue weighted by atomic mass is 32.1. The van der Waals surface area contributed by atoms with E-state index in [1.807, 2.05) is 11.3 Å². The molecule has 1 heterocycles. The molecule has 0 aliphatic carbocycles. The third kappa shape index (κ3) is 4.80. The SMILES string of the molecule is CCNCCCCCc1cc(C)sc1C. The van der Waals surface area contributed by atoms with Crippen molar-refractivity contribution in [2.45, 2.75) is 46.5 Å². The smallest absolute Gasteiger partial charge is 0.00490 e. The number of hydrogen-bond donors (Lipinski definition) is 1. The van der Waals surface area contributed by atoms with E-state index in [9.17, 15) is 0 Å². The van der Waals surface area contributed by atoms with Crippen LogP contribution < -0.4 is 5.32 Å². The van der Waals surface area contributed by atoms with Crippen molar-refractivity contribution in [3.8, 4) is 0 Å². The first-order valence-electron chi connectivity index (χ1n) is 6.00. The summed E-state index contributed by atoms with van der Waals surface area (Å²) in [5.41, 5.74) is 1.57. The highest BCUT2D eigenvalue weighted by Crippen LogP contribution is 2.22. The van der Waals surface area contributed by atoms with E-state index in [4.69, 9.17) is 0 Å². The summed E-state index contributed by atoms with van der Waals surface area (Å²) in [5.74, 6) is 0. The highest BCUT2D eigenvalue weighted by Gasteiger charge is 2.01. The lowest BCUT2D eigenvalue weighted by Crippen LogP contribution is -2.13. The van der Waals surface area contributed by atoms with Gasteiger partial charge in [0.25, 0.3) is 0 Å². The molecule has 0 saturated carbocycles. The van der Waals surface area contributed by atoms with Crippen LogP contribution in [0.25, 0.3) is 0 Å². The van der Waals surface area contributed by atoms with Gasteiger partial charge in [0, 0.05) is 9.75 Å². The maximum Gasteiger partial charge on any atom is 0.00490 e. The molecule has 15 heavy (non-hydrogen) atoms. The molecule has 0 amide bonds. The molecule has 2 heteroatoms. The lowest BCUT2D eigenvalue weighted by Gasteiger charge is -2.02. The first kappa shape index (κ1) is 12.7. The van der Waals surface area contributed by atoms with E-state index in [1.54, 1.807) is 5.56 Å². The normalized spacial score (nSPS) is 10.9. The standard InChI is InChI=1S/C13H23NS/c1-4-14-9-7-5-6-8-13-10-11(2)15-12(13)3/h10,14H,4-9H2,1-3H3. The zero-order valence-corrected chi connectivity index (χ0v) is 11.0. The second-order valence-electron chi connectivity index (χ2n) is 4.10. The third-order valence-electron chi connectivity index (χ3n) is 2.69. The van der Waals surface area contributed by atoms with Crippen molar-refractivity contribution in [1.82, 2.24) is 5.32 Å². The van der Waals surface area contributed by atoms with E-state index in [0.717, 1.165) is 6.54 Å². The fraction of sp³-hybridized carbons (Fsp3) is 0.692. The molecule has 1 N–H and O–H groups in total. The molecular formula is C13H23NS. The molecule has 0 radical (unpaired) electrons. The topological polar surface area (TPSA) is 12.0 Å². The Kier molecular flexibility index (Phi) is 5.96. The number of nitrogens with one attached hydrogen (secondary N) is 1. The van der Waals surface area contributed by atoms with Gasteiger partial charge in [0.1, 0.15) is 0 Å².